The largest absolute Gasteiger partial charge is 0.454 e. The zero-order valence-corrected chi connectivity index (χ0v) is 13.0. The van der Waals surface area contributed by atoms with Crippen LogP contribution in [0.25, 0.3) is 10.1 Å². The number of fused-ring (bicyclic) bond motifs is 2. The van der Waals surface area contributed by atoms with E-state index in [0.717, 1.165) is 29.3 Å². The molecule has 1 aliphatic heterocycles. The molecule has 5 heteroatoms. The summed E-state index contributed by atoms with van der Waals surface area (Å²) in [6, 6.07) is 14.5. The highest BCUT2D eigenvalue weighted by atomic mass is 32.1. The maximum absolute atomic E-state index is 5.58. The number of aromatic nitrogens is 1. The van der Waals surface area contributed by atoms with Crippen molar-refractivity contribution in [3.8, 4) is 11.5 Å². The first-order valence-corrected chi connectivity index (χ1v) is 8.05. The van der Waals surface area contributed by atoms with E-state index < -0.39 is 0 Å². The topological polar surface area (TPSA) is 43.4 Å². The fourth-order valence-corrected chi connectivity index (χ4v) is 3.51. The monoisotopic (exact) mass is 312 g/mol. The Balaban J connectivity index is 1.53. The van der Waals surface area contributed by atoms with Crippen molar-refractivity contribution in [2.45, 2.75) is 19.5 Å². The molecule has 0 fully saturated rings. The Morgan fingerprint density at radius 2 is 2.09 bits per heavy atom. The summed E-state index contributed by atoms with van der Waals surface area (Å²) in [6.07, 6.45) is 0. The van der Waals surface area contributed by atoms with Gasteiger partial charge in [0.05, 0.1) is 10.4 Å². The van der Waals surface area contributed by atoms with E-state index in [9.17, 15) is 0 Å². The zero-order valence-electron chi connectivity index (χ0n) is 12.2. The minimum Gasteiger partial charge on any atom is -0.454 e. The Morgan fingerprint density at radius 3 is 3.05 bits per heavy atom. The van der Waals surface area contributed by atoms with Gasteiger partial charge in [-0.25, -0.2) is 0 Å². The summed E-state index contributed by atoms with van der Waals surface area (Å²) < 4.78 is 16.8. The average molecular weight is 312 g/mol. The van der Waals surface area contributed by atoms with Crippen LogP contribution in [0.5, 0.6) is 11.5 Å². The normalized spacial score (nSPS) is 14.4. The van der Waals surface area contributed by atoms with Gasteiger partial charge in [-0.3, -0.25) is 0 Å². The SMILES string of the molecule is CC(NCc1nsc2ccccc12)c1cccc2c1OCO2. The van der Waals surface area contributed by atoms with E-state index in [4.69, 9.17) is 9.47 Å². The number of para-hydroxylation sites is 1. The van der Waals surface area contributed by atoms with Crippen molar-refractivity contribution in [3.63, 3.8) is 0 Å². The minimum atomic E-state index is 0.164. The molecule has 1 unspecified atom stereocenters. The van der Waals surface area contributed by atoms with Gasteiger partial charge >= 0.3 is 0 Å². The number of hydrogen-bond acceptors (Lipinski definition) is 5. The van der Waals surface area contributed by atoms with Crippen LogP contribution < -0.4 is 14.8 Å². The van der Waals surface area contributed by atoms with E-state index in [1.54, 1.807) is 11.5 Å². The second-order valence-electron chi connectivity index (χ2n) is 5.31. The van der Waals surface area contributed by atoms with Crippen LogP contribution in [0.3, 0.4) is 0 Å². The molecule has 2 heterocycles. The summed E-state index contributed by atoms with van der Waals surface area (Å²) in [7, 11) is 0. The number of nitrogens with zero attached hydrogens (tertiary/aromatic N) is 1. The lowest BCUT2D eigenvalue weighted by atomic mass is 10.1. The highest BCUT2D eigenvalue weighted by Gasteiger charge is 2.20. The van der Waals surface area contributed by atoms with Gasteiger partial charge in [0, 0.05) is 23.5 Å². The molecule has 4 rings (SSSR count). The molecule has 1 aromatic heterocycles. The van der Waals surface area contributed by atoms with Gasteiger partial charge < -0.3 is 14.8 Å². The first kappa shape index (κ1) is 13.5. The van der Waals surface area contributed by atoms with Crippen molar-refractivity contribution in [1.29, 1.82) is 0 Å². The Bertz CT molecular complexity index is 815. The highest BCUT2D eigenvalue weighted by Crippen LogP contribution is 2.38. The molecule has 0 radical (unpaired) electrons. The van der Waals surface area contributed by atoms with Gasteiger partial charge in [0.1, 0.15) is 0 Å². The van der Waals surface area contributed by atoms with Crippen molar-refractivity contribution in [1.82, 2.24) is 9.69 Å². The van der Waals surface area contributed by atoms with E-state index in [-0.39, 0.29) is 6.04 Å². The van der Waals surface area contributed by atoms with Crippen molar-refractivity contribution >= 4 is 21.6 Å². The van der Waals surface area contributed by atoms with Crippen LogP contribution in [0.1, 0.15) is 24.2 Å². The van der Waals surface area contributed by atoms with Crippen LogP contribution in [0.15, 0.2) is 42.5 Å². The van der Waals surface area contributed by atoms with Crippen LogP contribution in [-0.2, 0) is 6.54 Å². The van der Waals surface area contributed by atoms with Gasteiger partial charge in [0.15, 0.2) is 11.5 Å². The van der Waals surface area contributed by atoms with E-state index in [2.05, 4.69) is 40.9 Å². The highest BCUT2D eigenvalue weighted by molar-refractivity contribution is 7.13. The molecular formula is C17H16N2O2S. The first-order chi connectivity index (χ1) is 10.8. The van der Waals surface area contributed by atoms with Crippen molar-refractivity contribution < 1.29 is 9.47 Å². The van der Waals surface area contributed by atoms with E-state index in [1.807, 2.05) is 18.2 Å². The lowest BCUT2D eigenvalue weighted by Crippen LogP contribution is -2.18. The molecule has 4 nitrogen and oxygen atoms in total. The van der Waals surface area contributed by atoms with Gasteiger partial charge in [-0.05, 0) is 30.6 Å². The molecule has 0 amide bonds. The van der Waals surface area contributed by atoms with Crippen molar-refractivity contribution in [3.05, 3.63) is 53.7 Å². The fourth-order valence-electron chi connectivity index (χ4n) is 2.72. The summed E-state index contributed by atoms with van der Waals surface area (Å²) in [6.45, 7) is 3.16. The van der Waals surface area contributed by atoms with Crippen LogP contribution in [0, 0.1) is 0 Å². The molecule has 3 aromatic rings. The molecule has 1 atom stereocenters. The summed E-state index contributed by atoms with van der Waals surface area (Å²) in [5.74, 6) is 1.68. The predicted molar refractivity (Wildman–Crippen MR) is 87.4 cm³/mol. The predicted octanol–water partition coefficient (Wildman–Crippen LogP) is 3.88. The smallest absolute Gasteiger partial charge is 0.231 e. The number of rotatable bonds is 4. The maximum atomic E-state index is 5.58. The van der Waals surface area contributed by atoms with Gasteiger partial charge in [0.25, 0.3) is 0 Å². The van der Waals surface area contributed by atoms with Crippen LogP contribution >= 0.6 is 11.5 Å². The average Bonchev–Trinajstić information content (AvgIpc) is 3.19. The maximum Gasteiger partial charge on any atom is 0.231 e. The van der Waals surface area contributed by atoms with Gasteiger partial charge in [-0.1, -0.05) is 30.3 Å². The molecule has 0 saturated heterocycles. The molecule has 1 N–H and O–H groups in total. The second kappa shape index (κ2) is 5.59. The third-order valence-corrected chi connectivity index (χ3v) is 4.79. The molecule has 2 aromatic carbocycles. The Hall–Kier alpha value is -2.11. The van der Waals surface area contributed by atoms with Gasteiger partial charge in [-0.15, -0.1) is 0 Å². The molecule has 0 spiro atoms. The zero-order chi connectivity index (χ0) is 14.9. The summed E-state index contributed by atoms with van der Waals surface area (Å²) in [4.78, 5) is 0. The lowest BCUT2D eigenvalue weighted by Gasteiger charge is -2.15. The second-order valence-corrected chi connectivity index (χ2v) is 6.11. The summed E-state index contributed by atoms with van der Waals surface area (Å²) in [5.41, 5.74) is 2.21. The molecule has 112 valence electrons. The van der Waals surface area contributed by atoms with Gasteiger partial charge in [0.2, 0.25) is 6.79 Å². The Morgan fingerprint density at radius 1 is 1.18 bits per heavy atom. The van der Waals surface area contributed by atoms with Crippen molar-refractivity contribution in [2.24, 2.45) is 0 Å². The summed E-state index contributed by atoms with van der Waals surface area (Å²) in [5, 5.41) is 4.76. The fraction of sp³-hybridized carbons (Fsp3) is 0.235. The number of nitrogens with one attached hydrogen (secondary N) is 1. The van der Waals surface area contributed by atoms with Crippen LogP contribution in [0.2, 0.25) is 0 Å². The van der Waals surface area contributed by atoms with Gasteiger partial charge in [-0.2, -0.15) is 4.37 Å². The van der Waals surface area contributed by atoms with E-state index >= 15 is 0 Å². The molecule has 22 heavy (non-hydrogen) atoms. The molecule has 0 saturated carbocycles. The molecule has 0 bridgehead atoms. The molecule has 1 aliphatic rings. The van der Waals surface area contributed by atoms with Crippen molar-refractivity contribution in [2.75, 3.05) is 6.79 Å². The molecular weight excluding hydrogens is 296 g/mol. The Kier molecular flexibility index (Phi) is 3.44. The van der Waals surface area contributed by atoms with Crippen LogP contribution in [-0.4, -0.2) is 11.2 Å². The summed E-state index contributed by atoms with van der Waals surface area (Å²) >= 11 is 1.55. The quantitative estimate of drug-likeness (QED) is 0.794. The Labute approximate surface area is 132 Å². The standard InChI is InChI=1S/C17H16N2O2S/c1-11(12-6-4-7-15-17(12)21-10-20-15)18-9-14-13-5-2-3-8-16(13)22-19-14/h2-8,11,18H,9-10H2,1H3. The molecule has 0 aliphatic carbocycles. The number of benzene rings is 2. The number of ether oxygens (including phenoxy) is 2. The third-order valence-electron chi connectivity index (χ3n) is 3.92. The van der Waals surface area contributed by atoms with Crippen LogP contribution in [0.4, 0.5) is 0 Å². The van der Waals surface area contributed by atoms with E-state index in [0.29, 0.717) is 6.79 Å². The first-order valence-electron chi connectivity index (χ1n) is 7.28. The van der Waals surface area contributed by atoms with E-state index in [1.165, 1.54) is 10.1 Å². The third kappa shape index (κ3) is 2.32. The number of hydrogen-bond donors (Lipinski definition) is 1. The lowest BCUT2D eigenvalue weighted by molar-refractivity contribution is 0.173. The minimum absolute atomic E-state index is 0.164.